The first kappa shape index (κ1) is 12.6. The molecule has 0 saturated heterocycles. The van der Waals surface area contributed by atoms with Crippen LogP contribution in [0.5, 0.6) is 0 Å². The molecule has 1 unspecified atom stereocenters. The van der Waals surface area contributed by atoms with Crippen LogP contribution in [-0.4, -0.2) is 39.9 Å². The standard InChI is InChI=1S/C10H18N4O2/c1-3-12-9(10(15)16-4-2)5-6-14-8-11-7-13-14/h7-9,12H,3-6H2,1-2H3. The van der Waals surface area contributed by atoms with Crippen molar-refractivity contribution in [1.29, 1.82) is 0 Å². The summed E-state index contributed by atoms with van der Waals surface area (Å²) < 4.78 is 6.68. The van der Waals surface area contributed by atoms with Gasteiger partial charge in [-0.25, -0.2) is 4.98 Å². The SMILES string of the molecule is CCNC(CCn1cncn1)C(=O)OCC. The average molecular weight is 226 g/mol. The van der Waals surface area contributed by atoms with Gasteiger partial charge in [-0.1, -0.05) is 6.92 Å². The molecule has 90 valence electrons. The minimum atomic E-state index is -0.269. The van der Waals surface area contributed by atoms with E-state index in [0.717, 1.165) is 6.54 Å². The number of carbonyl (C=O) groups is 1. The van der Waals surface area contributed by atoms with Gasteiger partial charge in [0.05, 0.1) is 6.61 Å². The first-order valence-corrected chi connectivity index (χ1v) is 5.50. The lowest BCUT2D eigenvalue weighted by Crippen LogP contribution is -2.38. The van der Waals surface area contributed by atoms with Gasteiger partial charge in [-0.15, -0.1) is 0 Å². The van der Waals surface area contributed by atoms with Crippen molar-refractivity contribution in [1.82, 2.24) is 20.1 Å². The molecule has 6 nitrogen and oxygen atoms in total. The highest BCUT2D eigenvalue weighted by Gasteiger charge is 2.18. The summed E-state index contributed by atoms with van der Waals surface area (Å²) in [4.78, 5) is 15.4. The smallest absolute Gasteiger partial charge is 0.323 e. The average Bonchev–Trinajstić information content (AvgIpc) is 2.77. The van der Waals surface area contributed by atoms with Crippen LogP contribution >= 0.6 is 0 Å². The lowest BCUT2D eigenvalue weighted by atomic mass is 10.2. The molecule has 1 N–H and O–H groups in total. The van der Waals surface area contributed by atoms with E-state index >= 15 is 0 Å². The van der Waals surface area contributed by atoms with Gasteiger partial charge in [0.15, 0.2) is 0 Å². The zero-order chi connectivity index (χ0) is 11.8. The summed E-state index contributed by atoms with van der Waals surface area (Å²) in [5.41, 5.74) is 0. The van der Waals surface area contributed by atoms with Crippen molar-refractivity contribution in [2.45, 2.75) is 32.9 Å². The highest BCUT2D eigenvalue weighted by atomic mass is 16.5. The second-order valence-electron chi connectivity index (χ2n) is 3.31. The van der Waals surface area contributed by atoms with Gasteiger partial charge < -0.3 is 10.1 Å². The zero-order valence-electron chi connectivity index (χ0n) is 9.72. The monoisotopic (exact) mass is 226 g/mol. The molecule has 1 heterocycles. The Balaban J connectivity index is 2.41. The number of aromatic nitrogens is 3. The Morgan fingerprint density at radius 3 is 2.94 bits per heavy atom. The Morgan fingerprint density at radius 2 is 2.38 bits per heavy atom. The van der Waals surface area contributed by atoms with Gasteiger partial charge in [-0.3, -0.25) is 9.48 Å². The fraction of sp³-hybridized carbons (Fsp3) is 0.700. The number of ether oxygens (including phenoxy) is 1. The summed E-state index contributed by atoms with van der Waals surface area (Å²) in [6.07, 6.45) is 3.76. The maximum absolute atomic E-state index is 11.6. The molecule has 1 rings (SSSR count). The molecule has 0 aliphatic carbocycles. The zero-order valence-corrected chi connectivity index (χ0v) is 9.72. The van der Waals surface area contributed by atoms with Crippen LogP contribution in [0.25, 0.3) is 0 Å². The number of nitrogens with zero attached hydrogens (tertiary/aromatic N) is 3. The van der Waals surface area contributed by atoms with Crippen LogP contribution in [0, 0.1) is 0 Å². The molecule has 16 heavy (non-hydrogen) atoms. The number of nitrogens with one attached hydrogen (secondary N) is 1. The normalized spacial score (nSPS) is 12.4. The molecule has 0 aromatic carbocycles. The highest BCUT2D eigenvalue weighted by molar-refractivity contribution is 5.75. The number of hydrogen-bond donors (Lipinski definition) is 1. The Morgan fingerprint density at radius 1 is 1.56 bits per heavy atom. The molecule has 0 aliphatic heterocycles. The van der Waals surface area contributed by atoms with E-state index in [1.807, 2.05) is 6.92 Å². The Labute approximate surface area is 95.0 Å². The van der Waals surface area contributed by atoms with Crippen LogP contribution in [0.2, 0.25) is 0 Å². The van der Waals surface area contributed by atoms with Crippen molar-refractivity contribution in [3.8, 4) is 0 Å². The fourth-order valence-electron chi connectivity index (χ4n) is 1.40. The van der Waals surface area contributed by atoms with Crippen LogP contribution < -0.4 is 5.32 Å². The van der Waals surface area contributed by atoms with Gasteiger partial charge >= 0.3 is 5.97 Å². The second-order valence-corrected chi connectivity index (χ2v) is 3.31. The minimum Gasteiger partial charge on any atom is -0.465 e. The lowest BCUT2D eigenvalue weighted by Gasteiger charge is -2.15. The number of carbonyl (C=O) groups excluding carboxylic acids is 1. The second kappa shape index (κ2) is 6.95. The highest BCUT2D eigenvalue weighted by Crippen LogP contribution is 1.98. The molecule has 0 saturated carbocycles. The quantitative estimate of drug-likeness (QED) is 0.673. The first-order chi connectivity index (χ1) is 7.77. The molecule has 0 fully saturated rings. The largest absolute Gasteiger partial charge is 0.465 e. The van der Waals surface area contributed by atoms with Gasteiger partial charge in [0.25, 0.3) is 0 Å². The van der Waals surface area contributed by atoms with Crippen molar-refractivity contribution >= 4 is 5.97 Å². The summed E-state index contributed by atoms with van der Waals surface area (Å²) in [5, 5.41) is 7.07. The van der Waals surface area contributed by atoms with Crippen LogP contribution in [0.15, 0.2) is 12.7 Å². The van der Waals surface area contributed by atoms with E-state index in [9.17, 15) is 4.79 Å². The van der Waals surface area contributed by atoms with Crippen molar-refractivity contribution < 1.29 is 9.53 Å². The minimum absolute atomic E-state index is 0.204. The van der Waals surface area contributed by atoms with Crippen molar-refractivity contribution in [3.63, 3.8) is 0 Å². The van der Waals surface area contributed by atoms with E-state index in [4.69, 9.17) is 4.74 Å². The van der Waals surface area contributed by atoms with Crippen LogP contribution in [0.4, 0.5) is 0 Å². The molecule has 6 heteroatoms. The number of rotatable bonds is 7. The van der Waals surface area contributed by atoms with Crippen LogP contribution in [0.3, 0.4) is 0 Å². The molecule has 1 aromatic heterocycles. The van der Waals surface area contributed by atoms with Crippen LogP contribution in [0.1, 0.15) is 20.3 Å². The summed E-state index contributed by atoms with van der Waals surface area (Å²) in [5.74, 6) is -0.204. The predicted molar refractivity (Wildman–Crippen MR) is 58.7 cm³/mol. The van der Waals surface area contributed by atoms with E-state index in [-0.39, 0.29) is 12.0 Å². The summed E-state index contributed by atoms with van der Waals surface area (Å²) in [7, 11) is 0. The summed E-state index contributed by atoms with van der Waals surface area (Å²) >= 11 is 0. The van der Waals surface area contributed by atoms with Gasteiger partial charge in [0, 0.05) is 6.54 Å². The van der Waals surface area contributed by atoms with Gasteiger partial charge in [0.2, 0.25) is 0 Å². The third-order valence-corrected chi connectivity index (χ3v) is 2.14. The van der Waals surface area contributed by atoms with Crippen molar-refractivity contribution in [2.24, 2.45) is 0 Å². The molecule has 0 amide bonds. The molecule has 1 aromatic rings. The number of esters is 1. The van der Waals surface area contributed by atoms with E-state index in [0.29, 0.717) is 19.6 Å². The van der Waals surface area contributed by atoms with E-state index < -0.39 is 0 Å². The molecule has 0 radical (unpaired) electrons. The number of likely N-dealkylation sites (N-methyl/N-ethyl adjacent to an activating group) is 1. The van der Waals surface area contributed by atoms with Crippen molar-refractivity contribution in [2.75, 3.05) is 13.2 Å². The Kier molecular flexibility index (Phi) is 5.49. The van der Waals surface area contributed by atoms with Gasteiger partial charge in [-0.2, -0.15) is 5.10 Å². The third kappa shape index (κ3) is 3.98. The lowest BCUT2D eigenvalue weighted by molar-refractivity contribution is -0.145. The van der Waals surface area contributed by atoms with E-state index in [2.05, 4.69) is 15.4 Å². The molecule has 0 spiro atoms. The van der Waals surface area contributed by atoms with Gasteiger partial charge in [0.1, 0.15) is 18.7 Å². The maximum atomic E-state index is 11.6. The number of hydrogen-bond acceptors (Lipinski definition) is 5. The van der Waals surface area contributed by atoms with Crippen LogP contribution in [-0.2, 0) is 16.1 Å². The molecular formula is C10H18N4O2. The molecule has 0 aliphatic rings. The molecule has 1 atom stereocenters. The molecular weight excluding hydrogens is 208 g/mol. The van der Waals surface area contributed by atoms with E-state index in [1.54, 1.807) is 17.9 Å². The maximum Gasteiger partial charge on any atom is 0.323 e. The van der Waals surface area contributed by atoms with Gasteiger partial charge in [-0.05, 0) is 19.9 Å². The Bertz CT molecular complexity index is 300. The Hall–Kier alpha value is -1.43. The summed E-state index contributed by atoms with van der Waals surface area (Å²) in [6, 6.07) is -0.269. The van der Waals surface area contributed by atoms with E-state index in [1.165, 1.54) is 6.33 Å². The topological polar surface area (TPSA) is 69.0 Å². The third-order valence-electron chi connectivity index (χ3n) is 2.14. The summed E-state index contributed by atoms with van der Waals surface area (Å²) in [6.45, 7) is 5.56. The molecule has 0 bridgehead atoms. The fourth-order valence-corrected chi connectivity index (χ4v) is 1.40. The number of aryl methyl sites for hydroxylation is 1. The first-order valence-electron chi connectivity index (χ1n) is 5.50. The van der Waals surface area contributed by atoms with Crippen molar-refractivity contribution in [3.05, 3.63) is 12.7 Å². The predicted octanol–water partition coefficient (Wildman–Crippen LogP) is 0.209.